The van der Waals surface area contributed by atoms with Crippen LogP contribution in [0.4, 0.5) is 0 Å². The van der Waals surface area contributed by atoms with Gasteiger partial charge in [0, 0.05) is 37.0 Å². The quantitative estimate of drug-likeness (QED) is 0.379. The van der Waals surface area contributed by atoms with Gasteiger partial charge in [0.2, 0.25) is 0 Å². The van der Waals surface area contributed by atoms with Crippen LogP contribution in [-0.2, 0) is 15.6 Å². The molecule has 1 fully saturated rings. The van der Waals surface area contributed by atoms with Crippen LogP contribution in [0, 0.1) is 5.92 Å². The molecular formula is C31H35NO5S. The van der Waals surface area contributed by atoms with Gasteiger partial charge in [0.15, 0.2) is 9.84 Å². The largest absolute Gasteiger partial charge is 0.508 e. The van der Waals surface area contributed by atoms with E-state index in [1.54, 1.807) is 18.2 Å². The molecule has 38 heavy (non-hydrogen) atoms. The van der Waals surface area contributed by atoms with Crippen molar-refractivity contribution in [1.29, 1.82) is 0 Å². The van der Waals surface area contributed by atoms with Crippen molar-refractivity contribution >= 4 is 21.0 Å². The molecule has 0 bridgehead atoms. The van der Waals surface area contributed by atoms with Crippen molar-refractivity contribution in [3.8, 4) is 17.2 Å². The molecule has 2 aliphatic heterocycles. The van der Waals surface area contributed by atoms with E-state index in [0.717, 1.165) is 51.6 Å². The van der Waals surface area contributed by atoms with Crippen molar-refractivity contribution in [1.82, 2.24) is 4.90 Å². The molecule has 0 aliphatic carbocycles. The second-order valence-electron chi connectivity index (χ2n) is 10.4. The summed E-state index contributed by atoms with van der Waals surface area (Å²) in [5, 5.41) is 10.1. The first-order valence-corrected chi connectivity index (χ1v) is 15.2. The molecule has 0 aromatic heterocycles. The Morgan fingerprint density at radius 3 is 2.39 bits per heavy atom. The molecule has 2 aliphatic rings. The fourth-order valence-electron chi connectivity index (χ4n) is 5.28. The number of nitrogens with zero attached hydrogens (tertiary/aromatic N) is 1. The monoisotopic (exact) mass is 533 g/mol. The lowest BCUT2D eigenvalue weighted by Gasteiger charge is -2.38. The summed E-state index contributed by atoms with van der Waals surface area (Å²) in [7, 11) is -3.12. The summed E-state index contributed by atoms with van der Waals surface area (Å²) >= 11 is 0. The Hall–Kier alpha value is -3.29. The van der Waals surface area contributed by atoms with Crippen LogP contribution in [0.2, 0.25) is 0 Å². The molecule has 3 aromatic rings. The summed E-state index contributed by atoms with van der Waals surface area (Å²) in [5.41, 5.74) is 5.49. The first-order valence-electron chi connectivity index (χ1n) is 13.1. The maximum atomic E-state index is 11.8. The van der Waals surface area contributed by atoms with Crippen LogP contribution in [-0.4, -0.2) is 50.9 Å². The highest BCUT2D eigenvalue weighted by molar-refractivity contribution is 7.89. The van der Waals surface area contributed by atoms with Gasteiger partial charge in [-0.1, -0.05) is 49.7 Å². The van der Waals surface area contributed by atoms with E-state index in [-0.39, 0.29) is 17.6 Å². The number of rotatable bonds is 9. The average molecular weight is 534 g/mol. The Bertz CT molecular complexity index is 1420. The van der Waals surface area contributed by atoms with Crippen LogP contribution in [0.15, 0.2) is 66.7 Å². The van der Waals surface area contributed by atoms with Crippen molar-refractivity contribution in [2.75, 3.05) is 32.5 Å². The van der Waals surface area contributed by atoms with Crippen LogP contribution < -0.4 is 9.47 Å². The maximum Gasteiger partial charge on any atom is 0.151 e. The summed E-state index contributed by atoms with van der Waals surface area (Å²) in [5.74, 6) is 2.55. The summed E-state index contributed by atoms with van der Waals surface area (Å²) in [6.07, 6.45) is 2.12. The number of ether oxygens (including phenoxy) is 2. The number of hydrogen-bond acceptors (Lipinski definition) is 6. The van der Waals surface area contributed by atoms with Crippen molar-refractivity contribution in [2.45, 2.75) is 32.1 Å². The molecule has 7 heteroatoms. The van der Waals surface area contributed by atoms with E-state index in [4.69, 9.17) is 9.47 Å². The number of aromatic hydroxyl groups is 1. The van der Waals surface area contributed by atoms with E-state index in [1.165, 1.54) is 25.8 Å². The van der Waals surface area contributed by atoms with Crippen molar-refractivity contribution in [3.63, 3.8) is 0 Å². The third kappa shape index (κ3) is 5.89. The van der Waals surface area contributed by atoms with Crippen molar-refractivity contribution in [3.05, 3.63) is 89.0 Å². The summed E-state index contributed by atoms with van der Waals surface area (Å²) in [6.45, 7) is 8.21. The maximum absolute atomic E-state index is 11.8. The Morgan fingerprint density at radius 2 is 1.74 bits per heavy atom. The highest BCUT2D eigenvalue weighted by atomic mass is 32.2. The predicted octanol–water partition coefficient (Wildman–Crippen LogP) is 5.72. The molecule has 0 spiro atoms. The normalized spacial score (nSPS) is 18.0. The van der Waals surface area contributed by atoms with Crippen molar-refractivity contribution < 1.29 is 23.0 Å². The van der Waals surface area contributed by atoms with Gasteiger partial charge in [-0.2, -0.15) is 0 Å². The number of phenolic OH excluding ortho intramolecular Hbond substituents is 1. The molecule has 200 valence electrons. The average Bonchev–Trinajstić information content (AvgIpc) is 2.86. The fourth-order valence-corrected chi connectivity index (χ4v) is 6.07. The summed E-state index contributed by atoms with van der Waals surface area (Å²) < 4.78 is 36.0. The zero-order chi connectivity index (χ0) is 26.9. The molecule has 3 aromatic carbocycles. The van der Waals surface area contributed by atoms with Gasteiger partial charge in [0.05, 0.1) is 5.75 Å². The standard InChI is InChI=1S/C31H35NO5S/c1-4-22-18-32(19-22)15-16-36-27-12-9-25(10-13-27)31-30(21(2)28-17-26(33)11-14-29(28)37-31)24-7-5-23(6-8-24)20-38(3,34)35/h5-14,17,22,31,33H,4,15-16,18-20H2,1-3H3. The van der Waals surface area contributed by atoms with Crippen LogP contribution in [0.5, 0.6) is 17.2 Å². The molecule has 0 saturated carbocycles. The second kappa shape index (κ2) is 10.8. The molecule has 6 nitrogen and oxygen atoms in total. The topological polar surface area (TPSA) is 76.1 Å². The highest BCUT2D eigenvalue weighted by Gasteiger charge is 2.30. The minimum Gasteiger partial charge on any atom is -0.508 e. The van der Waals surface area contributed by atoms with E-state index in [0.29, 0.717) is 12.4 Å². The van der Waals surface area contributed by atoms with E-state index in [2.05, 4.69) is 11.8 Å². The van der Waals surface area contributed by atoms with Crippen LogP contribution in [0.3, 0.4) is 0 Å². The number of likely N-dealkylation sites (tertiary alicyclic amines) is 1. The Balaban J connectivity index is 1.39. The van der Waals surface area contributed by atoms with Gasteiger partial charge in [0.25, 0.3) is 0 Å². The highest BCUT2D eigenvalue weighted by Crippen LogP contribution is 2.47. The Morgan fingerprint density at radius 1 is 1.03 bits per heavy atom. The number of hydrogen-bond donors (Lipinski definition) is 1. The number of fused-ring (bicyclic) bond motifs is 1. The molecule has 0 amide bonds. The lowest BCUT2D eigenvalue weighted by molar-refractivity contribution is 0.0806. The van der Waals surface area contributed by atoms with Gasteiger partial charge < -0.3 is 14.6 Å². The van der Waals surface area contributed by atoms with Gasteiger partial charge in [-0.05, 0) is 65.4 Å². The predicted molar refractivity (Wildman–Crippen MR) is 151 cm³/mol. The molecule has 1 unspecified atom stereocenters. The molecular weight excluding hydrogens is 498 g/mol. The van der Waals surface area contributed by atoms with Crippen LogP contribution in [0.1, 0.15) is 48.6 Å². The Kier molecular flexibility index (Phi) is 7.50. The van der Waals surface area contributed by atoms with E-state index < -0.39 is 9.84 Å². The van der Waals surface area contributed by atoms with Gasteiger partial charge in [-0.15, -0.1) is 0 Å². The molecule has 1 saturated heterocycles. The number of phenols is 1. The molecule has 1 atom stereocenters. The lowest BCUT2D eigenvalue weighted by atomic mass is 9.86. The van der Waals surface area contributed by atoms with Gasteiger partial charge in [-0.3, -0.25) is 4.90 Å². The third-order valence-corrected chi connectivity index (χ3v) is 8.30. The van der Waals surface area contributed by atoms with Gasteiger partial charge in [0.1, 0.15) is 30.0 Å². The molecule has 1 N–H and O–H groups in total. The van der Waals surface area contributed by atoms with Gasteiger partial charge in [-0.25, -0.2) is 8.42 Å². The minimum absolute atomic E-state index is 0.000349. The van der Waals surface area contributed by atoms with E-state index in [1.807, 2.05) is 55.5 Å². The summed E-state index contributed by atoms with van der Waals surface area (Å²) in [6, 6.07) is 20.8. The first kappa shape index (κ1) is 26.3. The summed E-state index contributed by atoms with van der Waals surface area (Å²) in [4.78, 5) is 2.43. The van der Waals surface area contributed by atoms with Gasteiger partial charge >= 0.3 is 0 Å². The molecule has 0 radical (unpaired) electrons. The smallest absolute Gasteiger partial charge is 0.151 e. The Labute approximate surface area is 225 Å². The van der Waals surface area contributed by atoms with Crippen molar-refractivity contribution in [2.24, 2.45) is 5.92 Å². The third-order valence-electron chi connectivity index (χ3n) is 7.44. The van der Waals surface area contributed by atoms with Crippen LogP contribution in [0.25, 0.3) is 11.1 Å². The molecule has 2 heterocycles. The zero-order valence-electron chi connectivity index (χ0n) is 22.2. The fraction of sp³-hybridized carbons (Fsp3) is 0.355. The SMILES string of the molecule is CCC1CN(CCOc2ccc(C3Oc4ccc(O)cc4C(C)=C3c3ccc(CS(C)(=O)=O)cc3)cc2)C1. The number of allylic oxidation sites excluding steroid dienone is 1. The number of sulfone groups is 1. The minimum atomic E-state index is -3.12. The number of benzene rings is 3. The lowest BCUT2D eigenvalue weighted by Crippen LogP contribution is -2.47. The molecule has 5 rings (SSSR count). The second-order valence-corrected chi connectivity index (χ2v) is 12.6. The zero-order valence-corrected chi connectivity index (χ0v) is 23.0. The van der Waals surface area contributed by atoms with Crippen LogP contribution >= 0.6 is 0 Å². The first-order chi connectivity index (χ1) is 18.2. The van der Waals surface area contributed by atoms with E-state index in [9.17, 15) is 13.5 Å². The van der Waals surface area contributed by atoms with E-state index >= 15 is 0 Å².